The van der Waals surface area contributed by atoms with Crippen molar-refractivity contribution in [3.05, 3.63) is 34.3 Å². The Hall–Kier alpha value is -1.43. The summed E-state index contributed by atoms with van der Waals surface area (Å²) in [5.41, 5.74) is 6.73. The summed E-state index contributed by atoms with van der Waals surface area (Å²) in [6.45, 7) is 2.00. The zero-order chi connectivity index (χ0) is 10.8. The van der Waals surface area contributed by atoms with Crippen molar-refractivity contribution >= 4 is 21.9 Å². The molecule has 0 amide bonds. The maximum atomic E-state index is 5.63. The van der Waals surface area contributed by atoms with Crippen molar-refractivity contribution in [3.63, 3.8) is 0 Å². The molecule has 78 valence electrons. The van der Waals surface area contributed by atoms with Crippen molar-refractivity contribution in [2.75, 3.05) is 5.73 Å². The highest BCUT2D eigenvalue weighted by molar-refractivity contribution is 9.10. The minimum atomic E-state index is 0.0353. The third-order valence-electron chi connectivity index (χ3n) is 2.24. The second kappa shape index (κ2) is 3.98. The number of anilines is 1. The van der Waals surface area contributed by atoms with E-state index in [4.69, 9.17) is 5.73 Å². The lowest BCUT2D eigenvalue weighted by Crippen LogP contribution is -2.11. The smallest absolute Gasteiger partial charge is 0.240 e. The Kier molecular flexibility index (Phi) is 2.68. The summed E-state index contributed by atoms with van der Waals surface area (Å²) < 4.78 is 2.63. The number of tetrazole rings is 1. The van der Waals surface area contributed by atoms with E-state index in [1.165, 1.54) is 0 Å². The molecule has 1 unspecified atom stereocenters. The van der Waals surface area contributed by atoms with Crippen molar-refractivity contribution in [2.45, 2.75) is 13.0 Å². The molecule has 1 atom stereocenters. The number of halogens is 1. The van der Waals surface area contributed by atoms with Crippen LogP contribution in [0, 0.1) is 0 Å². The highest BCUT2D eigenvalue weighted by Crippen LogP contribution is 2.20. The first-order valence-electron chi connectivity index (χ1n) is 4.47. The van der Waals surface area contributed by atoms with Gasteiger partial charge in [-0.3, -0.25) is 0 Å². The van der Waals surface area contributed by atoms with Crippen molar-refractivity contribution < 1.29 is 0 Å². The van der Waals surface area contributed by atoms with Crippen LogP contribution in [0.1, 0.15) is 18.5 Å². The molecule has 0 aliphatic carbocycles. The SMILES string of the molecule is CC(c1ccc(Br)cc1)n1nnnc1N. The van der Waals surface area contributed by atoms with Gasteiger partial charge in [0.05, 0.1) is 6.04 Å². The average Bonchev–Trinajstić information content (AvgIpc) is 2.65. The van der Waals surface area contributed by atoms with Gasteiger partial charge in [0.1, 0.15) is 0 Å². The summed E-state index contributed by atoms with van der Waals surface area (Å²) in [6, 6.07) is 8.01. The molecule has 0 aliphatic rings. The largest absolute Gasteiger partial charge is 0.367 e. The Morgan fingerprint density at radius 3 is 2.53 bits per heavy atom. The molecule has 0 aliphatic heterocycles. The minimum absolute atomic E-state index is 0.0353. The van der Waals surface area contributed by atoms with Crippen molar-refractivity contribution in [1.29, 1.82) is 0 Å². The molecular weight excluding hydrogens is 258 g/mol. The van der Waals surface area contributed by atoms with Gasteiger partial charge in [0.25, 0.3) is 0 Å². The molecule has 2 N–H and O–H groups in total. The van der Waals surface area contributed by atoms with Crippen molar-refractivity contribution in [1.82, 2.24) is 20.2 Å². The van der Waals surface area contributed by atoms with E-state index in [1.54, 1.807) is 4.68 Å². The Bertz CT molecular complexity index is 450. The summed E-state index contributed by atoms with van der Waals surface area (Å²) in [6.07, 6.45) is 0. The predicted octanol–water partition coefficient (Wildman–Crippen LogP) is 1.63. The summed E-state index contributed by atoms with van der Waals surface area (Å²) in [5.74, 6) is 0.324. The summed E-state index contributed by atoms with van der Waals surface area (Å²) in [7, 11) is 0. The maximum absolute atomic E-state index is 5.63. The zero-order valence-electron chi connectivity index (χ0n) is 8.13. The van der Waals surface area contributed by atoms with E-state index in [0.717, 1.165) is 10.0 Å². The number of hydrogen-bond acceptors (Lipinski definition) is 4. The Labute approximate surface area is 95.4 Å². The average molecular weight is 268 g/mol. The van der Waals surface area contributed by atoms with E-state index in [9.17, 15) is 0 Å². The lowest BCUT2D eigenvalue weighted by Gasteiger charge is -2.11. The van der Waals surface area contributed by atoms with Crippen LogP contribution < -0.4 is 5.73 Å². The summed E-state index contributed by atoms with van der Waals surface area (Å²) >= 11 is 3.39. The molecule has 0 saturated carbocycles. The van der Waals surface area contributed by atoms with Crippen LogP contribution in [-0.4, -0.2) is 20.2 Å². The van der Waals surface area contributed by atoms with E-state index in [2.05, 4.69) is 31.5 Å². The Balaban J connectivity index is 2.32. The van der Waals surface area contributed by atoms with Crippen LogP contribution in [0.15, 0.2) is 28.7 Å². The number of aromatic nitrogens is 4. The van der Waals surface area contributed by atoms with Gasteiger partial charge < -0.3 is 5.73 Å². The lowest BCUT2D eigenvalue weighted by atomic mass is 10.1. The number of rotatable bonds is 2. The van der Waals surface area contributed by atoms with Gasteiger partial charge in [-0.15, -0.1) is 0 Å². The van der Waals surface area contributed by atoms with Crippen LogP contribution in [0.4, 0.5) is 5.95 Å². The standard InChI is InChI=1S/C9H10BrN5/c1-6(15-9(11)12-13-14-15)7-2-4-8(10)5-3-7/h2-6H,1H3,(H2,11,12,14). The van der Waals surface area contributed by atoms with E-state index in [0.29, 0.717) is 5.95 Å². The fraction of sp³-hybridized carbons (Fsp3) is 0.222. The minimum Gasteiger partial charge on any atom is -0.367 e. The topological polar surface area (TPSA) is 69.6 Å². The number of nitrogens with two attached hydrogens (primary N) is 1. The predicted molar refractivity (Wildman–Crippen MR) is 60.2 cm³/mol. The van der Waals surface area contributed by atoms with Gasteiger partial charge in [-0.25, -0.2) is 4.68 Å². The molecule has 2 rings (SSSR count). The van der Waals surface area contributed by atoms with E-state index in [-0.39, 0.29) is 6.04 Å². The van der Waals surface area contributed by atoms with Crippen LogP contribution in [0.25, 0.3) is 0 Å². The van der Waals surface area contributed by atoms with Crippen LogP contribution >= 0.6 is 15.9 Å². The first kappa shape index (κ1) is 10.1. The summed E-state index contributed by atoms with van der Waals surface area (Å²) in [4.78, 5) is 0. The molecule has 5 nitrogen and oxygen atoms in total. The van der Waals surface area contributed by atoms with E-state index >= 15 is 0 Å². The van der Waals surface area contributed by atoms with Gasteiger partial charge >= 0.3 is 0 Å². The summed E-state index contributed by atoms with van der Waals surface area (Å²) in [5, 5.41) is 11.0. The zero-order valence-corrected chi connectivity index (χ0v) is 9.72. The molecule has 6 heteroatoms. The monoisotopic (exact) mass is 267 g/mol. The second-order valence-electron chi connectivity index (χ2n) is 3.21. The number of nitrogen functional groups attached to an aromatic ring is 1. The molecule has 0 radical (unpaired) electrons. The third kappa shape index (κ3) is 1.99. The van der Waals surface area contributed by atoms with Crippen LogP contribution in [0.2, 0.25) is 0 Å². The van der Waals surface area contributed by atoms with Crippen molar-refractivity contribution in [3.8, 4) is 0 Å². The highest BCUT2D eigenvalue weighted by atomic mass is 79.9. The number of nitrogens with zero attached hydrogens (tertiary/aromatic N) is 4. The fourth-order valence-electron chi connectivity index (χ4n) is 1.36. The van der Waals surface area contributed by atoms with Crippen LogP contribution in [0.5, 0.6) is 0 Å². The molecule has 15 heavy (non-hydrogen) atoms. The van der Waals surface area contributed by atoms with Crippen LogP contribution in [0.3, 0.4) is 0 Å². The van der Waals surface area contributed by atoms with E-state index < -0.39 is 0 Å². The molecular formula is C9H10BrN5. The van der Waals surface area contributed by atoms with Gasteiger partial charge in [-0.1, -0.05) is 33.2 Å². The van der Waals surface area contributed by atoms with Gasteiger partial charge in [-0.2, -0.15) is 0 Å². The molecule has 1 aromatic carbocycles. The molecule has 0 spiro atoms. The quantitative estimate of drug-likeness (QED) is 0.898. The molecule has 2 aromatic rings. The van der Waals surface area contributed by atoms with Crippen molar-refractivity contribution in [2.24, 2.45) is 0 Å². The number of hydrogen-bond donors (Lipinski definition) is 1. The maximum Gasteiger partial charge on any atom is 0.240 e. The molecule has 0 bridgehead atoms. The first-order chi connectivity index (χ1) is 7.18. The lowest BCUT2D eigenvalue weighted by molar-refractivity contribution is 0.550. The number of benzene rings is 1. The third-order valence-corrected chi connectivity index (χ3v) is 2.77. The first-order valence-corrected chi connectivity index (χ1v) is 5.26. The van der Waals surface area contributed by atoms with Gasteiger partial charge in [0.2, 0.25) is 5.95 Å². The fourth-order valence-corrected chi connectivity index (χ4v) is 1.62. The van der Waals surface area contributed by atoms with E-state index in [1.807, 2.05) is 31.2 Å². The molecule has 1 heterocycles. The molecule has 0 saturated heterocycles. The Morgan fingerprint density at radius 1 is 1.33 bits per heavy atom. The van der Waals surface area contributed by atoms with Crippen LogP contribution in [-0.2, 0) is 0 Å². The highest BCUT2D eigenvalue weighted by Gasteiger charge is 2.12. The molecule has 1 aromatic heterocycles. The van der Waals surface area contributed by atoms with Gasteiger partial charge in [-0.05, 0) is 35.0 Å². The normalized spacial score (nSPS) is 12.7. The van der Waals surface area contributed by atoms with Gasteiger partial charge in [0, 0.05) is 4.47 Å². The van der Waals surface area contributed by atoms with Gasteiger partial charge in [0.15, 0.2) is 0 Å². The Morgan fingerprint density at radius 2 is 2.00 bits per heavy atom. The second-order valence-corrected chi connectivity index (χ2v) is 4.12. The molecule has 0 fully saturated rings.